The van der Waals surface area contributed by atoms with E-state index in [2.05, 4.69) is 5.32 Å². The number of fused-ring (bicyclic) bond motifs is 1. The average Bonchev–Trinajstić information content (AvgIpc) is 2.63. The molecule has 6 nitrogen and oxygen atoms in total. The highest BCUT2D eigenvalue weighted by Crippen LogP contribution is 2.37. The molecule has 3 N–H and O–H groups in total. The molecular weight excluding hydrogens is 258 g/mol. The second-order valence-corrected chi connectivity index (χ2v) is 5.20. The topological polar surface area (TPSA) is 92.5 Å². The molecule has 104 valence electrons. The van der Waals surface area contributed by atoms with E-state index in [1.165, 1.54) is 0 Å². The molecule has 1 saturated heterocycles. The van der Waals surface area contributed by atoms with Crippen molar-refractivity contribution in [3.63, 3.8) is 0 Å². The lowest BCUT2D eigenvalue weighted by Gasteiger charge is -2.32. The molecule has 0 radical (unpaired) electrons. The Hall–Kier alpha value is -2.37. The van der Waals surface area contributed by atoms with E-state index in [1.54, 1.807) is 23.1 Å². The van der Waals surface area contributed by atoms with Gasteiger partial charge in [-0.05, 0) is 37.1 Å². The minimum Gasteiger partial charge on any atom is -0.399 e. The molecule has 0 unspecified atom stereocenters. The second-order valence-electron chi connectivity index (χ2n) is 5.20. The Morgan fingerprint density at radius 3 is 2.75 bits per heavy atom. The van der Waals surface area contributed by atoms with Crippen LogP contribution in [0.2, 0.25) is 0 Å². The van der Waals surface area contributed by atoms with Crippen molar-refractivity contribution in [2.75, 3.05) is 5.73 Å². The molecule has 1 aromatic carbocycles. The zero-order valence-corrected chi connectivity index (χ0v) is 11.1. The summed E-state index contributed by atoms with van der Waals surface area (Å²) in [4.78, 5) is 37.2. The van der Waals surface area contributed by atoms with Gasteiger partial charge in [0, 0.05) is 17.7 Å². The fourth-order valence-electron chi connectivity index (χ4n) is 2.95. The Morgan fingerprint density at radius 1 is 1.30 bits per heavy atom. The summed E-state index contributed by atoms with van der Waals surface area (Å²) in [5, 5.41) is 2.29. The largest absolute Gasteiger partial charge is 0.399 e. The van der Waals surface area contributed by atoms with Gasteiger partial charge in [-0.1, -0.05) is 0 Å². The van der Waals surface area contributed by atoms with Crippen molar-refractivity contribution >= 4 is 23.4 Å². The van der Waals surface area contributed by atoms with E-state index in [0.29, 0.717) is 17.7 Å². The first-order chi connectivity index (χ1) is 9.49. The number of rotatable bonds is 1. The van der Waals surface area contributed by atoms with E-state index >= 15 is 0 Å². The number of carbonyl (C=O) groups is 3. The van der Waals surface area contributed by atoms with Crippen LogP contribution in [0.4, 0.5) is 5.69 Å². The molecule has 3 rings (SSSR count). The average molecular weight is 273 g/mol. The summed E-state index contributed by atoms with van der Waals surface area (Å²) in [5.41, 5.74) is 7.76. The van der Waals surface area contributed by atoms with E-state index in [9.17, 15) is 14.4 Å². The summed E-state index contributed by atoms with van der Waals surface area (Å²) in [7, 11) is 0. The molecule has 6 heteroatoms. The smallest absolute Gasteiger partial charge is 0.255 e. The second kappa shape index (κ2) is 4.33. The zero-order chi connectivity index (χ0) is 14.4. The number of carbonyl (C=O) groups excluding carboxylic acids is 3. The Labute approximate surface area is 115 Å². The van der Waals surface area contributed by atoms with Gasteiger partial charge in [-0.15, -0.1) is 0 Å². The van der Waals surface area contributed by atoms with Crippen LogP contribution in [0, 0.1) is 0 Å². The van der Waals surface area contributed by atoms with Crippen molar-refractivity contribution < 1.29 is 14.4 Å². The number of hydrogen-bond donors (Lipinski definition) is 2. The third-order valence-electron chi connectivity index (χ3n) is 3.95. The summed E-state index contributed by atoms with van der Waals surface area (Å²) < 4.78 is 0. The third-order valence-corrected chi connectivity index (χ3v) is 3.95. The predicted molar refractivity (Wildman–Crippen MR) is 71.6 cm³/mol. The number of imide groups is 1. The van der Waals surface area contributed by atoms with Crippen LogP contribution in [0.25, 0.3) is 0 Å². The maximum atomic E-state index is 12.5. The third kappa shape index (κ3) is 1.76. The van der Waals surface area contributed by atoms with E-state index in [1.807, 2.05) is 6.92 Å². The standard InChI is InChI=1S/C14H15N3O3/c1-7-10-6-8(15)2-3-9(10)14(20)17(7)11-4-5-12(18)16-13(11)19/h2-3,6-7,11H,4-5,15H2,1H3,(H,16,18,19)/t7-,11+/m1/s1. The van der Waals surface area contributed by atoms with E-state index < -0.39 is 11.9 Å². The Morgan fingerprint density at radius 2 is 2.05 bits per heavy atom. The molecule has 0 saturated carbocycles. The molecule has 0 spiro atoms. The van der Waals surface area contributed by atoms with Crippen molar-refractivity contribution in [1.82, 2.24) is 10.2 Å². The Kier molecular flexibility index (Phi) is 2.74. The number of nitrogen functional groups attached to an aromatic ring is 1. The van der Waals surface area contributed by atoms with Crippen molar-refractivity contribution in [3.05, 3.63) is 29.3 Å². The number of piperidine rings is 1. The summed E-state index contributed by atoms with van der Waals surface area (Å²) in [6, 6.07) is 4.32. The number of nitrogens with one attached hydrogen (secondary N) is 1. The maximum Gasteiger partial charge on any atom is 0.255 e. The minimum atomic E-state index is -0.594. The van der Waals surface area contributed by atoms with Crippen LogP contribution in [0.15, 0.2) is 18.2 Å². The monoisotopic (exact) mass is 273 g/mol. The minimum absolute atomic E-state index is 0.179. The van der Waals surface area contributed by atoms with Gasteiger partial charge in [0.1, 0.15) is 6.04 Å². The Bertz CT molecular complexity index is 626. The molecule has 2 aliphatic heterocycles. The van der Waals surface area contributed by atoms with Gasteiger partial charge in [0.2, 0.25) is 11.8 Å². The molecule has 0 aliphatic carbocycles. The molecule has 20 heavy (non-hydrogen) atoms. The first-order valence-corrected chi connectivity index (χ1v) is 6.55. The zero-order valence-electron chi connectivity index (χ0n) is 11.1. The molecule has 2 heterocycles. The van der Waals surface area contributed by atoms with Crippen molar-refractivity contribution in [3.8, 4) is 0 Å². The van der Waals surface area contributed by atoms with Gasteiger partial charge in [-0.3, -0.25) is 19.7 Å². The summed E-state index contributed by atoms with van der Waals surface area (Å²) in [5.74, 6) is -0.864. The molecule has 3 amide bonds. The lowest BCUT2D eigenvalue weighted by atomic mass is 10.0. The van der Waals surface area contributed by atoms with E-state index in [0.717, 1.165) is 5.56 Å². The van der Waals surface area contributed by atoms with Gasteiger partial charge in [0.05, 0.1) is 6.04 Å². The molecular formula is C14H15N3O3. The molecule has 1 aromatic rings. The van der Waals surface area contributed by atoms with Gasteiger partial charge >= 0.3 is 0 Å². The number of nitrogens with two attached hydrogens (primary N) is 1. The van der Waals surface area contributed by atoms with Crippen LogP contribution in [0.1, 0.15) is 41.7 Å². The number of hydrogen-bond acceptors (Lipinski definition) is 4. The van der Waals surface area contributed by atoms with Crippen LogP contribution in [0.5, 0.6) is 0 Å². The normalized spacial score (nSPS) is 25.6. The van der Waals surface area contributed by atoms with E-state index in [-0.39, 0.29) is 24.3 Å². The van der Waals surface area contributed by atoms with Gasteiger partial charge in [-0.25, -0.2) is 0 Å². The van der Waals surface area contributed by atoms with Crippen molar-refractivity contribution in [2.45, 2.75) is 31.8 Å². The van der Waals surface area contributed by atoms with Crippen molar-refractivity contribution in [1.29, 1.82) is 0 Å². The molecule has 0 aromatic heterocycles. The number of amides is 3. The van der Waals surface area contributed by atoms with Gasteiger partial charge < -0.3 is 10.6 Å². The van der Waals surface area contributed by atoms with Crippen LogP contribution < -0.4 is 11.1 Å². The number of anilines is 1. The molecule has 2 aliphatic rings. The molecule has 1 fully saturated rings. The van der Waals surface area contributed by atoms with Crippen LogP contribution in [0.3, 0.4) is 0 Å². The quantitative estimate of drug-likeness (QED) is 0.578. The first kappa shape index (κ1) is 12.7. The summed E-state index contributed by atoms with van der Waals surface area (Å²) in [6.45, 7) is 1.87. The highest BCUT2D eigenvalue weighted by molar-refractivity contribution is 6.06. The first-order valence-electron chi connectivity index (χ1n) is 6.55. The summed E-state index contributed by atoms with van der Waals surface area (Å²) >= 11 is 0. The molecule has 2 atom stereocenters. The van der Waals surface area contributed by atoms with E-state index in [4.69, 9.17) is 5.73 Å². The van der Waals surface area contributed by atoms with Crippen LogP contribution in [-0.4, -0.2) is 28.7 Å². The lowest BCUT2D eigenvalue weighted by Crippen LogP contribution is -2.53. The van der Waals surface area contributed by atoms with Gasteiger partial charge in [0.25, 0.3) is 5.91 Å². The SMILES string of the molecule is C[C@@H]1c2cc(N)ccc2C(=O)N1[C@H]1CCC(=O)NC1=O. The predicted octanol–water partition coefficient (Wildman–Crippen LogP) is 0.591. The fraction of sp³-hybridized carbons (Fsp3) is 0.357. The maximum absolute atomic E-state index is 12.5. The highest BCUT2D eigenvalue weighted by atomic mass is 16.2. The number of nitrogens with zero attached hydrogens (tertiary/aromatic N) is 1. The number of benzene rings is 1. The van der Waals surface area contributed by atoms with Crippen molar-refractivity contribution in [2.24, 2.45) is 0 Å². The van der Waals surface area contributed by atoms with Crippen LogP contribution >= 0.6 is 0 Å². The highest BCUT2D eigenvalue weighted by Gasteiger charge is 2.42. The lowest BCUT2D eigenvalue weighted by molar-refractivity contribution is -0.137. The molecule has 0 bridgehead atoms. The summed E-state index contributed by atoms with van der Waals surface area (Å²) in [6.07, 6.45) is 0.621. The van der Waals surface area contributed by atoms with Crippen LogP contribution in [-0.2, 0) is 9.59 Å². The van der Waals surface area contributed by atoms with Gasteiger partial charge in [-0.2, -0.15) is 0 Å². The fourth-order valence-corrected chi connectivity index (χ4v) is 2.95. The Balaban J connectivity index is 1.95. The van der Waals surface area contributed by atoms with Gasteiger partial charge in [0.15, 0.2) is 0 Å².